The number of anilines is 2. The van der Waals surface area contributed by atoms with E-state index in [1.54, 1.807) is 11.8 Å². The van der Waals surface area contributed by atoms with Gasteiger partial charge in [-0.15, -0.1) is 5.10 Å². The number of carbonyl (C=O) groups is 1. The minimum Gasteiger partial charge on any atom is -0.494 e. The van der Waals surface area contributed by atoms with Crippen LogP contribution in [0.2, 0.25) is 0 Å². The normalized spacial score (nSPS) is 10.8. The maximum atomic E-state index is 12.4. The summed E-state index contributed by atoms with van der Waals surface area (Å²) in [5, 5.41) is 15.2. The Morgan fingerprint density at radius 1 is 1.20 bits per heavy atom. The number of nitrogens with one attached hydrogen (secondary N) is 1. The molecule has 0 saturated carbocycles. The van der Waals surface area contributed by atoms with E-state index in [1.807, 2.05) is 48.5 Å². The number of hydrogen-bond acceptors (Lipinski definition) is 7. The van der Waals surface area contributed by atoms with E-state index in [0.717, 1.165) is 17.9 Å². The van der Waals surface area contributed by atoms with Crippen LogP contribution in [0, 0.1) is 0 Å². The summed E-state index contributed by atoms with van der Waals surface area (Å²) in [6.07, 6.45) is 0. The minimum absolute atomic E-state index is 0.126. The molecule has 0 bridgehead atoms. The molecule has 0 saturated heterocycles. The number of thioether (sulfide) groups is 1. The first-order valence-corrected chi connectivity index (χ1v) is 10.7. The van der Waals surface area contributed by atoms with Gasteiger partial charge in [0.1, 0.15) is 11.4 Å². The molecule has 0 unspecified atom stereocenters. The standard InChI is InChI=1S/C21H26N6O2S/c1-5-26(15(2)3)17-12-10-16(11-13-17)22-20(28)14-30-21-23-24-25-27(21)18-8-6-7-9-19(18)29-4/h6-13,15H,5,14H2,1-4H3,(H,22,28). The van der Waals surface area contributed by atoms with Crippen molar-refractivity contribution in [1.82, 2.24) is 20.2 Å². The number of ether oxygens (including phenoxy) is 1. The Bertz CT molecular complexity index is 974. The van der Waals surface area contributed by atoms with E-state index in [1.165, 1.54) is 11.8 Å². The molecule has 0 fully saturated rings. The summed E-state index contributed by atoms with van der Waals surface area (Å²) in [6.45, 7) is 7.39. The van der Waals surface area contributed by atoms with Crippen molar-refractivity contribution in [3.8, 4) is 11.4 Å². The third-order valence-electron chi connectivity index (χ3n) is 4.53. The molecule has 1 heterocycles. The van der Waals surface area contributed by atoms with Gasteiger partial charge in [-0.1, -0.05) is 23.9 Å². The van der Waals surface area contributed by atoms with Gasteiger partial charge < -0.3 is 15.0 Å². The molecule has 3 aromatic rings. The molecule has 0 atom stereocenters. The molecule has 8 nitrogen and oxygen atoms in total. The van der Waals surface area contributed by atoms with Gasteiger partial charge in [0.15, 0.2) is 0 Å². The number of hydrogen-bond donors (Lipinski definition) is 1. The highest BCUT2D eigenvalue weighted by Crippen LogP contribution is 2.26. The number of carbonyl (C=O) groups excluding carboxylic acids is 1. The van der Waals surface area contributed by atoms with Crippen LogP contribution in [0.3, 0.4) is 0 Å². The van der Waals surface area contributed by atoms with Crippen molar-refractivity contribution in [2.24, 2.45) is 0 Å². The quantitative estimate of drug-likeness (QED) is 0.523. The number of para-hydroxylation sites is 2. The summed E-state index contributed by atoms with van der Waals surface area (Å²) < 4.78 is 6.94. The number of amides is 1. The summed E-state index contributed by atoms with van der Waals surface area (Å²) >= 11 is 1.26. The molecular formula is C21H26N6O2S. The number of aromatic nitrogens is 4. The molecule has 9 heteroatoms. The maximum Gasteiger partial charge on any atom is 0.234 e. The zero-order valence-corrected chi connectivity index (χ0v) is 18.4. The zero-order chi connectivity index (χ0) is 21.5. The van der Waals surface area contributed by atoms with Gasteiger partial charge in [0, 0.05) is 24.0 Å². The van der Waals surface area contributed by atoms with Gasteiger partial charge in [0.25, 0.3) is 0 Å². The number of methoxy groups -OCH3 is 1. The van der Waals surface area contributed by atoms with Gasteiger partial charge in [-0.25, -0.2) is 0 Å². The van der Waals surface area contributed by atoms with Crippen LogP contribution < -0.4 is 15.0 Å². The van der Waals surface area contributed by atoms with Crippen LogP contribution >= 0.6 is 11.8 Å². The van der Waals surface area contributed by atoms with Crippen molar-refractivity contribution in [2.75, 3.05) is 29.6 Å². The minimum atomic E-state index is -0.126. The van der Waals surface area contributed by atoms with Crippen LogP contribution in [0.4, 0.5) is 11.4 Å². The second-order valence-corrected chi connectivity index (χ2v) is 7.75. The highest BCUT2D eigenvalue weighted by Gasteiger charge is 2.15. The van der Waals surface area contributed by atoms with E-state index >= 15 is 0 Å². The Labute approximate surface area is 180 Å². The summed E-state index contributed by atoms with van der Waals surface area (Å²) in [5.74, 6) is 0.710. The molecule has 1 aromatic heterocycles. The summed E-state index contributed by atoms with van der Waals surface area (Å²) in [7, 11) is 1.59. The van der Waals surface area contributed by atoms with Crippen LogP contribution in [0.25, 0.3) is 5.69 Å². The van der Waals surface area contributed by atoms with E-state index in [9.17, 15) is 4.79 Å². The highest BCUT2D eigenvalue weighted by atomic mass is 32.2. The van der Waals surface area contributed by atoms with Crippen LogP contribution in [-0.2, 0) is 4.79 Å². The molecular weight excluding hydrogens is 400 g/mol. The van der Waals surface area contributed by atoms with E-state index in [4.69, 9.17) is 4.74 Å². The number of nitrogens with zero attached hydrogens (tertiary/aromatic N) is 5. The summed E-state index contributed by atoms with van der Waals surface area (Å²) in [4.78, 5) is 14.7. The number of tetrazole rings is 1. The van der Waals surface area contributed by atoms with Crippen LogP contribution in [-0.4, -0.2) is 51.6 Å². The predicted octanol–water partition coefficient (Wildman–Crippen LogP) is 3.64. The van der Waals surface area contributed by atoms with Gasteiger partial charge in [0.05, 0.1) is 12.9 Å². The lowest BCUT2D eigenvalue weighted by atomic mass is 10.2. The Morgan fingerprint density at radius 3 is 2.60 bits per heavy atom. The molecule has 0 aliphatic carbocycles. The lowest BCUT2D eigenvalue weighted by Crippen LogP contribution is -2.30. The van der Waals surface area contributed by atoms with Crippen molar-refractivity contribution >= 4 is 29.0 Å². The molecule has 0 aliphatic heterocycles. The van der Waals surface area contributed by atoms with Crippen molar-refractivity contribution in [3.63, 3.8) is 0 Å². The second-order valence-electron chi connectivity index (χ2n) is 6.81. The van der Waals surface area contributed by atoms with E-state index in [-0.39, 0.29) is 11.7 Å². The van der Waals surface area contributed by atoms with Crippen molar-refractivity contribution in [1.29, 1.82) is 0 Å². The molecule has 1 amide bonds. The monoisotopic (exact) mass is 426 g/mol. The third kappa shape index (κ3) is 5.10. The summed E-state index contributed by atoms with van der Waals surface area (Å²) in [5.41, 5.74) is 2.61. The second kappa shape index (κ2) is 10.1. The first-order valence-electron chi connectivity index (χ1n) is 9.74. The first-order chi connectivity index (χ1) is 14.5. The Hall–Kier alpha value is -3.07. The SMILES string of the molecule is CCN(c1ccc(NC(=O)CSc2nnnn2-c2ccccc2OC)cc1)C(C)C. The van der Waals surface area contributed by atoms with Crippen molar-refractivity contribution < 1.29 is 9.53 Å². The van der Waals surface area contributed by atoms with Gasteiger partial charge in [-0.2, -0.15) is 4.68 Å². The Kier molecular flexibility index (Phi) is 7.29. The average molecular weight is 427 g/mol. The smallest absolute Gasteiger partial charge is 0.234 e. The lowest BCUT2D eigenvalue weighted by Gasteiger charge is -2.27. The van der Waals surface area contributed by atoms with Gasteiger partial charge in [0.2, 0.25) is 11.1 Å². The fraction of sp³-hybridized carbons (Fsp3) is 0.333. The first kappa shape index (κ1) is 21.6. The Balaban J connectivity index is 1.62. The fourth-order valence-corrected chi connectivity index (χ4v) is 3.82. The van der Waals surface area contributed by atoms with Gasteiger partial charge in [-0.3, -0.25) is 4.79 Å². The van der Waals surface area contributed by atoms with Gasteiger partial charge >= 0.3 is 0 Å². The largest absolute Gasteiger partial charge is 0.494 e. The molecule has 0 aliphatic rings. The van der Waals surface area contributed by atoms with Crippen LogP contribution in [0.5, 0.6) is 5.75 Å². The zero-order valence-electron chi connectivity index (χ0n) is 17.6. The average Bonchev–Trinajstić information content (AvgIpc) is 3.22. The maximum absolute atomic E-state index is 12.4. The molecule has 158 valence electrons. The lowest BCUT2D eigenvalue weighted by molar-refractivity contribution is -0.113. The topological polar surface area (TPSA) is 85.2 Å². The third-order valence-corrected chi connectivity index (χ3v) is 5.45. The van der Waals surface area contributed by atoms with Crippen molar-refractivity contribution in [2.45, 2.75) is 32.0 Å². The summed E-state index contributed by atoms with van der Waals surface area (Å²) in [6, 6.07) is 15.7. The Morgan fingerprint density at radius 2 is 1.93 bits per heavy atom. The van der Waals surface area contributed by atoms with E-state index in [0.29, 0.717) is 22.6 Å². The van der Waals surface area contributed by atoms with Gasteiger partial charge in [-0.05, 0) is 67.6 Å². The van der Waals surface area contributed by atoms with Crippen LogP contribution in [0.15, 0.2) is 53.7 Å². The molecule has 0 spiro atoms. The number of rotatable bonds is 9. The molecule has 30 heavy (non-hydrogen) atoms. The molecule has 2 aromatic carbocycles. The van der Waals surface area contributed by atoms with Crippen LogP contribution in [0.1, 0.15) is 20.8 Å². The fourth-order valence-electron chi connectivity index (χ4n) is 3.13. The predicted molar refractivity (Wildman–Crippen MR) is 120 cm³/mol. The molecule has 0 radical (unpaired) electrons. The highest BCUT2D eigenvalue weighted by molar-refractivity contribution is 7.99. The van der Waals surface area contributed by atoms with Crippen molar-refractivity contribution in [3.05, 3.63) is 48.5 Å². The molecule has 1 N–H and O–H groups in total. The van der Waals surface area contributed by atoms with E-state index in [2.05, 4.69) is 46.5 Å². The molecule has 3 rings (SSSR count). The van der Waals surface area contributed by atoms with E-state index < -0.39 is 0 Å². The number of benzene rings is 2.